The van der Waals surface area contributed by atoms with Crippen molar-refractivity contribution < 1.29 is 13.2 Å². The fraction of sp³-hybridized carbons (Fsp3) is 0.667. The van der Waals surface area contributed by atoms with Crippen LogP contribution in [0.5, 0.6) is 5.75 Å². The standard InChI is InChI=1S/C21H35N3O3S/c1-5-22-20(24-17(2)11-14-28(4,25)26)23-16-21(12-6-7-13-21)18-9-8-10-19(15-18)27-3/h8-10,15,17H,5-7,11-14,16H2,1-4H3,(H2,22,23,24). The van der Waals surface area contributed by atoms with E-state index in [4.69, 9.17) is 9.73 Å². The van der Waals surface area contributed by atoms with E-state index >= 15 is 0 Å². The van der Waals surface area contributed by atoms with Gasteiger partial charge in [0.2, 0.25) is 0 Å². The van der Waals surface area contributed by atoms with Gasteiger partial charge in [0, 0.05) is 24.3 Å². The lowest BCUT2D eigenvalue weighted by molar-refractivity contribution is 0.407. The fourth-order valence-corrected chi connectivity index (χ4v) is 4.57. The van der Waals surface area contributed by atoms with Gasteiger partial charge in [-0.3, -0.25) is 4.99 Å². The van der Waals surface area contributed by atoms with E-state index in [2.05, 4.69) is 28.8 Å². The summed E-state index contributed by atoms with van der Waals surface area (Å²) in [6, 6.07) is 8.37. The lowest BCUT2D eigenvalue weighted by Gasteiger charge is -2.29. The largest absolute Gasteiger partial charge is 0.497 e. The van der Waals surface area contributed by atoms with Gasteiger partial charge in [0.15, 0.2) is 5.96 Å². The third kappa shape index (κ3) is 6.69. The van der Waals surface area contributed by atoms with Crippen molar-refractivity contribution in [1.29, 1.82) is 0 Å². The van der Waals surface area contributed by atoms with Gasteiger partial charge in [0.05, 0.1) is 19.4 Å². The van der Waals surface area contributed by atoms with E-state index in [1.807, 2.05) is 19.9 Å². The van der Waals surface area contributed by atoms with Crippen molar-refractivity contribution in [2.24, 2.45) is 4.99 Å². The first-order chi connectivity index (χ1) is 13.3. The number of benzene rings is 1. The number of ether oxygens (including phenoxy) is 1. The Bertz CT molecular complexity index is 756. The van der Waals surface area contributed by atoms with E-state index in [-0.39, 0.29) is 17.2 Å². The zero-order chi connectivity index (χ0) is 20.6. The minimum Gasteiger partial charge on any atom is -0.497 e. The lowest BCUT2D eigenvalue weighted by atomic mass is 9.79. The second-order valence-corrected chi connectivity index (χ2v) is 10.1. The monoisotopic (exact) mass is 409 g/mol. The van der Waals surface area contributed by atoms with Crippen molar-refractivity contribution in [3.63, 3.8) is 0 Å². The van der Waals surface area contributed by atoms with Crippen molar-refractivity contribution in [1.82, 2.24) is 10.6 Å². The molecule has 0 bridgehead atoms. The van der Waals surface area contributed by atoms with E-state index < -0.39 is 9.84 Å². The second kappa shape index (κ2) is 10.1. The zero-order valence-corrected chi connectivity index (χ0v) is 18.4. The van der Waals surface area contributed by atoms with Crippen LogP contribution in [-0.2, 0) is 15.3 Å². The summed E-state index contributed by atoms with van der Waals surface area (Å²) >= 11 is 0. The highest BCUT2D eigenvalue weighted by atomic mass is 32.2. The Labute approximate surface area is 170 Å². The number of hydrogen-bond donors (Lipinski definition) is 2. The highest BCUT2D eigenvalue weighted by Crippen LogP contribution is 2.42. The summed E-state index contributed by atoms with van der Waals surface area (Å²) in [6.45, 7) is 5.49. The van der Waals surface area contributed by atoms with E-state index in [1.165, 1.54) is 24.7 Å². The Morgan fingerprint density at radius 1 is 1.32 bits per heavy atom. The number of nitrogens with zero attached hydrogens (tertiary/aromatic N) is 1. The predicted octanol–water partition coefficient (Wildman–Crippen LogP) is 2.89. The van der Waals surface area contributed by atoms with Crippen LogP contribution in [-0.4, -0.2) is 52.6 Å². The molecule has 28 heavy (non-hydrogen) atoms. The van der Waals surface area contributed by atoms with Crippen LogP contribution in [0.15, 0.2) is 29.3 Å². The summed E-state index contributed by atoms with van der Waals surface area (Å²) in [5.74, 6) is 1.80. The maximum absolute atomic E-state index is 11.4. The Kier molecular flexibility index (Phi) is 8.16. The Hall–Kier alpha value is -1.76. The number of nitrogens with one attached hydrogen (secondary N) is 2. The number of guanidine groups is 1. The minimum atomic E-state index is -2.96. The minimum absolute atomic E-state index is 0.0314. The predicted molar refractivity (Wildman–Crippen MR) is 116 cm³/mol. The molecular formula is C21H35N3O3S. The molecule has 1 atom stereocenters. The maximum atomic E-state index is 11.4. The highest BCUT2D eigenvalue weighted by Gasteiger charge is 2.35. The number of sulfone groups is 1. The number of rotatable bonds is 9. The molecule has 1 aromatic carbocycles. The first-order valence-electron chi connectivity index (χ1n) is 10.1. The van der Waals surface area contributed by atoms with E-state index in [0.29, 0.717) is 13.0 Å². The smallest absolute Gasteiger partial charge is 0.191 e. The summed E-state index contributed by atoms with van der Waals surface area (Å²) in [5.41, 5.74) is 1.32. The van der Waals surface area contributed by atoms with Crippen molar-refractivity contribution in [3.05, 3.63) is 29.8 Å². The van der Waals surface area contributed by atoms with Gasteiger partial charge in [0.25, 0.3) is 0 Å². The average molecular weight is 410 g/mol. The quantitative estimate of drug-likeness (QED) is 0.484. The molecule has 2 N–H and O–H groups in total. The number of hydrogen-bond acceptors (Lipinski definition) is 4. The normalized spacial score (nSPS) is 17.9. The van der Waals surface area contributed by atoms with E-state index in [0.717, 1.165) is 31.1 Å². The van der Waals surface area contributed by atoms with Crippen LogP contribution in [0.3, 0.4) is 0 Å². The SMILES string of the molecule is CCNC(=NCC1(c2cccc(OC)c2)CCCC1)NC(C)CCS(C)(=O)=O. The van der Waals surface area contributed by atoms with Gasteiger partial charge in [-0.1, -0.05) is 25.0 Å². The first-order valence-corrected chi connectivity index (χ1v) is 12.2. The molecule has 0 spiro atoms. The molecule has 0 aromatic heterocycles. The van der Waals surface area contributed by atoms with Gasteiger partial charge in [-0.25, -0.2) is 8.42 Å². The van der Waals surface area contributed by atoms with E-state index in [9.17, 15) is 8.42 Å². The lowest BCUT2D eigenvalue weighted by Crippen LogP contribution is -2.43. The van der Waals surface area contributed by atoms with Crippen LogP contribution in [0.4, 0.5) is 0 Å². The molecule has 0 saturated heterocycles. The third-order valence-electron chi connectivity index (χ3n) is 5.43. The molecule has 2 rings (SSSR count). The van der Waals surface area contributed by atoms with Crippen LogP contribution < -0.4 is 15.4 Å². The fourth-order valence-electron chi connectivity index (χ4n) is 3.79. The first kappa shape index (κ1) is 22.5. The molecular weight excluding hydrogens is 374 g/mol. The van der Waals surface area contributed by atoms with Gasteiger partial charge in [-0.15, -0.1) is 0 Å². The Morgan fingerprint density at radius 3 is 2.64 bits per heavy atom. The average Bonchev–Trinajstić information content (AvgIpc) is 3.14. The van der Waals surface area contributed by atoms with E-state index in [1.54, 1.807) is 7.11 Å². The molecule has 0 amide bonds. The summed E-state index contributed by atoms with van der Waals surface area (Å²) in [6.07, 6.45) is 6.49. The van der Waals surface area contributed by atoms with Crippen LogP contribution in [0.1, 0.15) is 51.5 Å². The molecule has 1 aliphatic rings. The van der Waals surface area contributed by atoms with Gasteiger partial charge in [-0.2, -0.15) is 0 Å². The van der Waals surface area contributed by atoms with Gasteiger partial charge in [-0.05, 0) is 50.8 Å². The summed E-state index contributed by atoms with van der Waals surface area (Å²) in [7, 11) is -1.26. The Morgan fingerprint density at radius 2 is 2.04 bits per heavy atom. The highest BCUT2D eigenvalue weighted by molar-refractivity contribution is 7.90. The maximum Gasteiger partial charge on any atom is 0.191 e. The van der Waals surface area contributed by atoms with Crippen LogP contribution in [0.25, 0.3) is 0 Å². The molecule has 0 heterocycles. The van der Waals surface area contributed by atoms with Crippen LogP contribution in [0.2, 0.25) is 0 Å². The molecule has 1 aliphatic carbocycles. The summed E-state index contributed by atoms with van der Waals surface area (Å²) in [4.78, 5) is 4.89. The molecule has 1 saturated carbocycles. The summed E-state index contributed by atoms with van der Waals surface area (Å²) in [5, 5.41) is 6.65. The molecule has 1 fully saturated rings. The van der Waals surface area contributed by atoms with Crippen molar-refractivity contribution in [2.45, 2.75) is 57.4 Å². The molecule has 1 aromatic rings. The number of aliphatic imine (C=N–C) groups is 1. The molecule has 1 unspecified atom stereocenters. The van der Waals surface area contributed by atoms with Crippen molar-refractivity contribution >= 4 is 15.8 Å². The van der Waals surface area contributed by atoms with Gasteiger partial charge < -0.3 is 15.4 Å². The molecule has 0 radical (unpaired) electrons. The van der Waals surface area contributed by atoms with Gasteiger partial charge >= 0.3 is 0 Å². The number of methoxy groups -OCH3 is 1. The van der Waals surface area contributed by atoms with Gasteiger partial charge in [0.1, 0.15) is 15.6 Å². The van der Waals surface area contributed by atoms with Crippen molar-refractivity contribution in [3.8, 4) is 5.75 Å². The Balaban J connectivity index is 2.13. The molecule has 158 valence electrons. The van der Waals surface area contributed by atoms with Crippen molar-refractivity contribution in [2.75, 3.05) is 32.2 Å². The topological polar surface area (TPSA) is 79.8 Å². The third-order valence-corrected chi connectivity index (χ3v) is 6.41. The zero-order valence-electron chi connectivity index (χ0n) is 17.6. The van der Waals surface area contributed by atoms with Crippen LogP contribution in [0, 0.1) is 0 Å². The molecule has 0 aliphatic heterocycles. The molecule has 6 nitrogen and oxygen atoms in total. The summed E-state index contributed by atoms with van der Waals surface area (Å²) < 4.78 is 28.2. The second-order valence-electron chi connectivity index (χ2n) is 7.88. The molecule has 7 heteroatoms. The van der Waals surface area contributed by atoms with Crippen LogP contribution >= 0.6 is 0 Å².